The van der Waals surface area contributed by atoms with E-state index in [4.69, 9.17) is 11.0 Å². The SMILES string of the molecule is CC(Nc1cnc(C#N)cn1)c1ccccc1N. The molecule has 0 aliphatic rings. The highest BCUT2D eigenvalue weighted by molar-refractivity contribution is 5.50. The first-order valence-corrected chi connectivity index (χ1v) is 5.54. The zero-order valence-electron chi connectivity index (χ0n) is 9.96. The summed E-state index contributed by atoms with van der Waals surface area (Å²) in [6, 6.07) is 9.60. The Labute approximate surface area is 105 Å². The molecule has 0 aliphatic carbocycles. The van der Waals surface area contributed by atoms with Crippen molar-refractivity contribution in [1.29, 1.82) is 5.26 Å². The third-order valence-electron chi connectivity index (χ3n) is 2.59. The summed E-state index contributed by atoms with van der Waals surface area (Å²) < 4.78 is 0. The zero-order valence-corrected chi connectivity index (χ0v) is 9.96. The van der Waals surface area contributed by atoms with Gasteiger partial charge < -0.3 is 11.1 Å². The Bertz CT molecular complexity index is 571. The summed E-state index contributed by atoms with van der Waals surface area (Å²) in [6.45, 7) is 1.99. The Morgan fingerprint density at radius 1 is 1.28 bits per heavy atom. The number of nitrogens with one attached hydrogen (secondary N) is 1. The van der Waals surface area contributed by atoms with E-state index >= 15 is 0 Å². The lowest BCUT2D eigenvalue weighted by Gasteiger charge is -2.16. The van der Waals surface area contributed by atoms with Crippen LogP contribution in [0.3, 0.4) is 0 Å². The van der Waals surface area contributed by atoms with Gasteiger partial charge in [0.25, 0.3) is 0 Å². The fourth-order valence-electron chi connectivity index (χ4n) is 1.67. The third kappa shape index (κ3) is 2.55. The molecular formula is C13H13N5. The molecule has 0 fully saturated rings. The number of nitrogens with two attached hydrogens (primary N) is 1. The first kappa shape index (κ1) is 11.9. The number of para-hydroxylation sites is 1. The van der Waals surface area contributed by atoms with Crippen molar-refractivity contribution in [2.45, 2.75) is 13.0 Å². The second-order valence-corrected chi connectivity index (χ2v) is 3.89. The van der Waals surface area contributed by atoms with Crippen molar-refractivity contribution in [3.8, 4) is 6.07 Å². The van der Waals surface area contributed by atoms with Gasteiger partial charge in [-0.05, 0) is 18.6 Å². The Balaban J connectivity index is 2.14. The zero-order chi connectivity index (χ0) is 13.0. The molecule has 5 heteroatoms. The standard InChI is InChI=1S/C13H13N5/c1-9(11-4-2-3-5-12(11)15)18-13-8-16-10(6-14)7-17-13/h2-5,7-9H,15H2,1H3,(H,17,18). The van der Waals surface area contributed by atoms with E-state index < -0.39 is 0 Å². The molecule has 0 amide bonds. The third-order valence-corrected chi connectivity index (χ3v) is 2.59. The number of anilines is 2. The van der Waals surface area contributed by atoms with Crippen molar-refractivity contribution in [2.75, 3.05) is 11.1 Å². The largest absolute Gasteiger partial charge is 0.398 e. The number of nitriles is 1. The van der Waals surface area contributed by atoms with Crippen LogP contribution in [0.1, 0.15) is 24.2 Å². The molecule has 0 aliphatic heterocycles. The number of hydrogen-bond acceptors (Lipinski definition) is 5. The maximum Gasteiger partial charge on any atom is 0.158 e. The van der Waals surface area contributed by atoms with Gasteiger partial charge in [0.05, 0.1) is 18.4 Å². The molecule has 2 rings (SSSR count). The van der Waals surface area contributed by atoms with Crippen molar-refractivity contribution in [3.05, 3.63) is 47.9 Å². The number of nitrogen functional groups attached to an aromatic ring is 1. The van der Waals surface area contributed by atoms with E-state index in [0.29, 0.717) is 11.5 Å². The van der Waals surface area contributed by atoms with Crippen LogP contribution in [0.4, 0.5) is 11.5 Å². The van der Waals surface area contributed by atoms with E-state index in [1.807, 2.05) is 37.3 Å². The number of aromatic nitrogens is 2. The van der Waals surface area contributed by atoms with Gasteiger partial charge in [-0.3, -0.25) is 0 Å². The summed E-state index contributed by atoms with van der Waals surface area (Å²) >= 11 is 0. The van der Waals surface area contributed by atoms with Crippen molar-refractivity contribution < 1.29 is 0 Å². The molecule has 2 aromatic rings. The van der Waals surface area contributed by atoms with E-state index in [9.17, 15) is 0 Å². The molecular weight excluding hydrogens is 226 g/mol. The minimum absolute atomic E-state index is 0.0217. The molecule has 3 N–H and O–H groups in total. The van der Waals surface area contributed by atoms with Gasteiger partial charge in [-0.25, -0.2) is 9.97 Å². The molecule has 1 atom stereocenters. The van der Waals surface area contributed by atoms with Gasteiger partial charge in [-0.2, -0.15) is 5.26 Å². The van der Waals surface area contributed by atoms with E-state index in [0.717, 1.165) is 11.3 Å². The monoisotopic (exact) mass is 239 g/mol. The summed E-state index contributed by atoms with van der Waals surface area (Å²) in [6.07, 6.45) is 2.97. The van der Waals surface area contributed by atoms with Crippen LogP contribution in [0.5, 0.6) is 0 Å². The van der Waals surface area contributed by atoms with Gasteiger partial charge in [0, 0.05) is 5.69 Å². The Morgan fingerprint density at radius 3 is 2.67 bits per heavy atom. The summed E-state index contributed by atoms with van der Waals surface area (Å²) in [7, 11) is 0. The Morgan fingerprint density at radius 2 is 2.06 bits per heavy atom. The van der Waals surface area contributed by atoms with Crippen LogP contribution in [0.25, 0.3) is 0 Å². The summed E-state index contributed by atoms with van der Waals surface area (Å²) in [5, 5.41) is 11.8. The molecule has 1 aromatic heterocycles. The molecule has 1 aromatic carbocycles. The molecule has 5 nitrogen and oxygen atoms in total. The highest BCUT2D eigenvalue weighted by Gasteiger charge is 2.08. The molecule has 18 heavy (non-hydrogen) atoms. The molecule has 0 bridgehead atoms. The molecule has 0 saturated carbocycles. The van der Waals surface area contributed by atoms with Gasteiger partial charge in [0.15, 0.2) is 5.69 Å². The Kier molecular flexibility index (Phi) is 3.39. The summed E-state index contributed by atoms with van der Waals surface area (Å²) in [5.41, 5.74) is 7.94. The normalized spacial score (nSPS) is 11.6. The average Bonchev–Trinajstić information content (AvgIpc) is 2.40. The lowest BCUT2D eigenvalue weighted by molar-refractivity contribution is 0.874. The van der Waals surface area contributed by atoms with Crippen molar-refractivity contribution in [3.63, 3.8) is 0 Å². The van der Waals surface area contributed by atoms with Crippen LogP contribution in [0.2, 0.25) is 0 Å². The van der Waals surface area contributed by atoms with Gasteiger partial charge in [0.1, 0.15) is 11.9 Å². The fraction of sp³-hybridized carbons (Fsp3) is 0.154. The predicted molar refractivity (Wildman–Crippen MR) is 69.6 cm³/mol. The molecule has 1 heterocycles. The second kappa shape index (κ2) is 5.15. The minimum Gasteiger partial charge on any atom is -0.398 e. The summed E-state index contributed by atoms with van der Waals surface area (Å²) in [4.78, 5) is 8.06. The van der Waals surface area contributed by atoms with Crippen molar-refractivity contribution in [2.24, 2.45) is 0 Å². The van der Waals surface area contributed by atoms with Crippen LogP contribution < -0.4 is 11.1 Å². The topological polar surface area (TPSA) is 87.6 Å². The number of rotatable bonds is 3. The van der Waals surface area contributed by atoms with Crippen LogP contribution in [-0.4, -0.2) is 9.97 Å². The average molecular weight is 239 g/mol. The van der Waals surface area contributed by atoms with Gasteiger partial charge in [-0.15, -0.1) is 0 Å². The molecule has 0 saturated heterocycles. The first-order valence-electron chi connectivity index (χ1n) is 5.54. The van der Waals surface area contributed by atoms with Crippen LogP contribution in [0, 0.1) is 11.3 Å². The highest BCUT2D eigenvalue weighted by Crippen LogP contribution is 2.22. The first-order chi connectivity index (χ1) is 8.70. The van der Waals surface area contributed by atoms with Crippen molar-refractivity contribution >= 4 is 11.5 Å². The second-order valence-electron chi connectivity index (χ2n) is 3.89. The smallest absolute Gasteiger partial charge is 0.158 e. The maximum absolute atomic E-state index is 8.64. The van der Waals surface area contributed by atoms with Gasteiger partial charge >= 0.3 is 0 Å². The van der Waals surface area contributed by atoms with Gasteiger partial charge in [0.2, 0.25) is 0 Å². The fourth-order valence-corrected chi connectivity index (χ4v) is 1.67. The predicted octanol–water partition coefficient (Wildman–Crippen LogP) is 2.10. The van der Waals surface area contributed by atoms with E-state index in [-0.39, 0.29) is 6.04 Å². The lowest BCUT2D eigenvalue weighted by atomic mass is 10.1. The van der Waals surface area contributed by atoms with Crippen LogP contribution in [-0.2, 0) is 0 Å². The molecule has 1 unspecified atom stereocenters. The number of nitrogens with zero attached hydrogens (tertiary/aromatic N) is 3. The number of benzene rings is 1. The lowest BCUT2D eigenvalue weighted by Crippen LogP contribution is -2.10. The van der Waals surface area contributed by atoms with E-state index in [2.05, 4.69) is 15.3 Å². The highest BCUT2D eigenvalue weighted by atomic mass is 15.0. The molecule has 0 spiro atoms. The van der Waals surface area contributed by atoms with Crippen LogP contribution in [0.15, 0.2) is 36.7 Å². The summed E-state index contributed by atoms with van der Waals surface area (Å²) in [5.74, 6) is 0.616. The van der Waals surface area contributed by atoms with Crippen LogP contribution >= 0.6 is 0 Å². The number of hydrogen-bond donors (Lipinski definition) is 2. The van der Waals surface area contributed by atoms with E-state index in [1.54, 1.807) is 0 Å². The maximum atomic E-state index is 8.64. The Hall–Kier alpha value is -2.61. The van der Waals surface area contributed by atoms with Gasteiger partial charge in [-0.1, -0.05) is 18.2 Å². The minimum atomic E-state index is 0.0217. The van der Waals surface area contributed by atoms with E-state index in [1.165, 1.54) is 12.4 Å². The van der Waals surface area contributed by atoms with Crippen molar-refractivity contribution in [1.82, 2.24) is 9.97 Å². The molecule has 0 radical (unpaired) electrons. The quantitative estimate of drug-likeness (QED) is 0.801. The molecule has 90 valence electrons.